The Morgan fingerprint density at radius 2 is 1.03 bits per heavy atom. The Labute approximate surface area is 183 Å². The standard InChI is InChI=1S/C26H42O4/c1-2-3-4-5-6-7-8-9-10-11-12-13-14-18-22-29-25(27)26(28)30-23-21-24-19-16-15-17-20-24/h15-17,19-20H,2-14,18,21-23H2,1H3. The van der Waals surface area contributed by atoms with Gasteiger partial charge in [0, 0.05) is 6.42 Å². The van der Waals surface area contributed by atoms with E-state index >= 15 is 0 Å². The van der Waals surface area contributed by atoms with Gasteiger partial charge in [-0.1, -0.05) is 121 Å². The molecule has 170 valence electrons. The van der Waals surface area contributed by atoms with E-state index in [1.807, 2.05) is 30.3 Å². The first kappa shape index (κ1) is 26.2. The maximum Gasteiger partial charge on any atom is 0.417 e. The molecule has 0 unspecified atom stereocenters. The number of unbranched alkanes of at least 4 members (excludes halogenated alkanes) is 13. The quantitative estimate of drug-likeness (QED) is 0.149. The minimum atomic E-state index is -0.892. The highest BCUT2D eigenvalue weighted by molar-refractivity contribution is 6.29. The van der Waals surface area contributed by atoms with E-state index in [0.29, 0.717) is 13.0 Å². The van der Waals surface area contributed by atoms with Gasteiger partial charge in [0.2, 0.25) is 0 Å². The summed E-state index contributed by atoms with van der Waals surface area (Å²) >= 11 is 0. The first-order valence-corrected chi connectivity index (χ1v) is 12.1. The van der Waals surface area contributed by atoms with Gasteiger partial charge in [0.25, 0.3) is 0 Å². The van der Waals surface area contributed by atoms with Crippen LogP contribution in [0.1, 0.15) is 102 Å². The molecule has 0 bridgehead atoms. The number of carbonyl (C=O) groups is 2. The summed E-state index contributed by atoms with van der Waals surface area (Å²) in [4.78, 5) is 23.2. The molecule has 0 aromatic heterocycles. The van der Waals surface area contributed by atoms with E-state index in [1.54, 1.807) is 0 Å². The van der Waals surface area contributed by atoms with Crippen LogP contribution in [-0.2, 0) is 25.5 Å². The molecule has 0 heterocycles. The third-order valence-electron chi connectivity index (χ3n) is 5.36. The van der Waals surface area contributed by atoms with Gasteiger partial charge >= 0.3 is 11.9 Å². The van der Waals surface area contributed by atoms with Crippen LogP contribution in [0.2, 0.25) is 0 Å². The molecule has 0 saturated carbocycles. The molecule has 4 nitrogen and oxygen atoms in total. The van der Waals surface area contributed by atoms with Crippen molar-refractivity contribution in [3.8, 4) is 0 Å². The highest BCUT2D eigenvalue weighted by atomic mass is 16.6. The van der Waals surface area contributed by atoms with E-state index in [2.05, 4.69) is 6.92 Å². The van der Waals surface area contributed by atoms with Crippen LogP contribution in [-0.4, -0.2) is 25.2 Å². The number of ether oxygens (including phenoxy) is 2. The van der Waals surface area contributed by atoms with Gasteiger partial charge in [0.1, 0.15) is 0 Å². The lowest BCUT2D eigenvalue weighted by Crippen LogP contribution is -2.21. The summed E-state index contributed by atoms with van der Waals surface area (Å²) in [6, 6.07) is 9.72. The summed E-state index contributed by atoms with van der Waals surface area (Å²) in [5.41, 5.74) is 1.07. The van der Waals surface area contributed by atoms with Crippen molar-refractivity contribution in [2.75, 3.05) is 13.2 Å². The lowest BCUT2D eigenvalue weighted by Gasteiger charge is -2.06. The predicted molar refractivity (Wildman–Crippen MR) is 122 cm³/mol. The van der Waals surface area contributed by atoms with Crippen molar-refractivity contribution in [3.63, 3.8) is 0 Å². The number of carbonyl (C=O) groups excluding carboxylic acids is 2. The van der Waals surface area contributed by atoms with E-state index in [4.69, 9.17) is 9.47 Å². The maximum absolute atomic E-state index is 11.6. The molecule has 4 heteroatoms. The van der Waals surface area contributed by atoms with Crippen LogP contribution in [0.3, 0.4) is 0 Å². The smallest absolute Gasteiger partial charge is 0.417 e. The number of hydrogen-bond acceptors (Lipinski definition) is 4. The summed E-state index contributed by atoms with van der Waals surface area (Å²) in [5, 5.41) is 0. The second kappa shape index (κ2) is 19.1. The molecule has 0 spiro atoms. The molecular weight excluding hydrogens is 376 g/mol. The van der Waals surface area contributed by atoms with Gasteiger partial charge in [-0.05, 0) is 12.0 Å². The van der Waals surface area contributed by atoms with Gasteiger partial charge in [-0.25, -0.2) is 9.59 Å². The van der Waals surface area contributed by atoms with Crippen molar-refractivity contribution in [1.82, 2.24) is 0 Å². The van der Waals surface area contributed by atoms with Crippen LogP contribution in [0, 0.1) is 0 Å². The minimum Gasteiger partial charge on any atom is -0.457 e. The Bertz CT molecular complexity index is 541. The lowest BCUT2D eigenvalue weighted by molar-refractivity contribution is -0.167. The van der Waals surface area contributed by atoms with Crippen molar-refractivity contribution in [2.24, 2.45) is 0 Å². The molecule has 0 radical (unpaired) electrons. The van der Waals surface area contributed by atoms with Crippen LogP contribution >= 0.6 is 0 Å². The van der Waals surface area contributed by atoms with Gasteiger partial charge in [-0.15, -0.1) is 0 Å². The fourth-order valence-corrected chi connectivity index (χ4v) is 3.49. The first-order chi connectivity index (χ1) is 14.7. The molecule has 0 aliphatic heterocycles. The van der Waals surface area contributed by atoms with E-state index < -0.39 is 11.9 Å². The molecular formula is C26H42O4. The average molecular weight is 419 g/mol. The molecule has 1 aromatic rings. The molecule has 1 aromatic carbocycles. The number of esters is 2. The zero-order valence-electron chi connectivity index (χ0n) is 19.0. The Balaban J connectivity index is 1.83. The highest BCUT2D eigenvalue weighted by Crippen LogP contribution is 2.13. The Morgan fingerprint density at radius 1 is 0.600 bits per heavy atom. The zero-order chi connectivity index (χ0) is 21.7. The third kappa shape index (κ3) is 15.1. The largest absolute Gasteiger partial charge is 0.457 e. The molecule has 0 atom stereocenters. The van der Waals surface area contributed by atoms with Crippen molar-refractivity contribution in [2.45, 2.75) is 103 Å². The third-order valence-corrected chi connectivity index (χ3v) is 5.36. The van der Waals surface area contributed by atoms with Crippen LogP contribution in [0.4, 0.5) is 0 Å². The topological polar surface area (TPSA) is 52.6 Å². The molecule has 0 N–H and O–H groups in total. The zero-order valence-corrected chi connectivity index (χ0v) is 19.0. The van der Waals surface area contributed by atoms with E-state index in [-0.39, 0.29) is 6.61 Å². The highest BCUT2D eigenvalue weighted by Gasteiger charge is 2.16. The van der Waals surface area contributed by atoms with Gasteiger partial charge in [0.05, 0.1) is 13.2 Å². The van der Waals surface area contributed by atoms with Gasteiger partial charge in [-0.3, -0.25) is 0 Å². The maximum atomic E-state index is 11.6. The Morgan fingerprint density at radius 3 is 1.53 bits per heavy atom. The fourth-order valence-electron chi connectivity index (χ4n) is 3.49. The molecule has 0 fully saturated rings. The number of benzene rings is 1. The number of rotatable bonds is 18. The lowest BCUT2D eigenvalue weighted by atomic mass is 10.0. The van der Waals surface area contributed by atoms with Crippen LogP contribution in [0.5, 0.6) is 0 Å². The normalized spacial score (nSPS) is 10.7. The Kier molecular flexibility index (Phi) is 16.7. The minimum absolute atomic E-state index is 0.191. The molecule has 30 heavy (non-hydrogen) atoms. The van der Waals surface area contributed by atoms with Crippen LogP contribution < -0.4 is 0 Å². The van der Waals surface area contributed by atoms with Crippen molar-refractivity contribution >= 4 is 11.9 Å². The predicted octanol–water partition coefficient (Wildman–Crippen LogP) is 6.80. The fraction of sp³-hybridized carbons (Fsp3) is 0.692. The van der Waals surface area contributed by atoms with Crippen molar-refractivity contribution in [1.29, 1.82) is 0 Å². The van der Waals surface area contributed by atoms with Crippen molar-refractivity contribution in [3.05, 3.63) is 35.9 Å². The van der Waals surface area contributed by atoms with Crippen LogP contribution in [0.15, 0.2) is 30.3 Å². The Hall–Kier alpha value is -1.84. The molecule has 1 rings (SSSR count). The summed E-state index contributed by atoms with van der Waals surface area (Å²) < 4.78 is 9.97. The van der Waals surface area contributed by atoms with Gasteiger partial charge in [0.15, 0.2) is 0 Å². The molecule has 0 saturated heterocycles. The average Bonchev–Trinajstić information content (AvgIpc) is 2.77. The van der Waals surface area contributed by atoms with Crippen LogP contribution in [0.25, 0.3) is 0 Å². The van der Waals surface area contributed by atoms with Gasteiger partial charge in [-0.2, -0.15) is 0 Å². The summed E-state index contributed by atoms with van der Waals surface area (Å²) in [6.45, 7) is 2.75. The van der Waals surface area contributed by atoms with Gasteiger partial charge < -0.3 is 9.47 Å². The first-order valence-electron chi connectivity index (χ1n) is 12.1. The second-order valence-corrected chi connectivity index (χ2v) is 8.10. The summed E-state index contributed by atoms with van der Waals surface area (Å²) in [7, 11) is 0. The molecule has 0 amide bonds. The monoisotopic (exact) mass is 418 g/mol. The van der Waals surface area contributed by atoms with E-state index in [9.17, 15) is 9.59 Å². The number of hydrogen-bond donors (Lipinski definition) is 0. The second-order valence-electron chi connectivity index (χ2n) is 8.10. The SMILES string of the molecule is CCCCCCCCCCCCCCCCOC(=O)C(=O)OCCc1ccccc1. The summed E-state index contributed by atoms with van der Waals surface area (Å²) in [6.07, 6.45) is 18.5. The molecule has 0 aliphatic rings. The summed E-state index contributed by atoms with van der Waals surface area (Å²) in [5.74, 6) is -1.77. The van der Waals surface area contributed by atoms with Crippen molar-refractivity contribution < 1.29 is 19.1 Å². The van der Waals surface area contributed by atoms with E-state index in [0.717, 1.165) is 24.8 Å². The van der Waals surface area contributed by atoms with E-state index in [1.165, 1.54) is 70.6 Å². The molecule has 0 aliphatic carbocycles.